The summed E-state index contributed by atoms with van der Waals surface area (Å²) >= 11 is 0. The monoisotopic (exact) mass is 343 g/mol. The highest BCUT2D eigenvalue weighted by atomic mass is 32.2. The summed E-state index contributed by atoms with van der Waals surface area (Å²) < 4.78 is 40.1. The molecule has 7 nitrogen and oxygen atoms in total. The number of pyridine rings is 1. The van der Waals surface area contributed by atoms with Crippen molar-refractivity contribution in [2.45, 2.75) is 39.0 Å². The van der Waals surface area contributed by atoms with Crippen LogP contribution >= 0.6 is 0 Å². The number of aromatic nitrogens is 1. The molecule has 1 aliphatic heterocycles. The normalized spacial score (nSPS) is 22.4. The average molecular weight is 343 g/mol. The van der Waals surface area contributed by atoms with Crippen LogP contribution in [0.3, 0.4) is 0 Å². The molecule has 8 heteroatoms. The van der Waals surface area contributed by atoms with Crippen molar-refractivity contribution < 1.29 is 17.9 Å². The summed E-state index contributed by atoms with van der Waals surface area (Å²) in [6.07, 6.45) is 2.14. The summed E-state index contributed by atoms with van der Waals surface area (Å²) in [7, 11) is -3.53. The van der Waals surface area contributed by atoms with Crippen molar-refractivity contribution in [1.29, 1.82) is 0 Å². The third-order valence-electron chi connectivity index (χ3n) is 3.81. The molecule has 2 atom stereocenters. The summed E-state index contributed by atoms with van der Waals surface area (Å²) in [6, 6.07) is 5.24. The second-order valence-corrected chi connectivity index (χ2v) is 7.05. The number of hydrogen-bond acceptors (Lipinski definition) is 5. The molecule has 2 rings (SSSR count). The summed E-state index contributed by atoms with van der Waals surface area (Å²) in [5.74, 6) is 0. The zero-order valence-electron chi connectivity index (χ0n) is 13.6. The highest BCUT2D eigenvalue weighted by Crippen LogP contribution is 2.15. The van der Waals surface area contributed by atoms with Crippen LogP contribution in [0.1, 0.15) is 26.0 Å². The number of rotatable bonds is 8. The molecule has 0 aliphatic carbocycles. The molecule has 0 amide bonds. The Morgan fingerprint density at radius 3 is 2.83 bits per heavy atom. The second-order valence-electron chi connectivity index (χ2n) is 5.35. The van der Waals surface area contributed by atoms with E-state index in [2.05, 4.69) is 9.71 Å². The fraction of sp³-hybridized carbons (Fsp3) is 0.667. The van der Waals surface area contributed by atoms with E-state index in [0.717, 1.165) is 5.69 Å². The van der Waals surface area contributed by atoms with Gasteiger partial charge in [-0.2, -0.15) is 17.4 Å². The van der Waals surface area contributed by atoms with E-state index in [1.54, 1.807) is 6.20 Å². The van der Waals surface area contributed by atoms with Crippen molar-refractivity contribution in [3.05, 3.63) is 30.1 Å². The number of nitrogens with one attached hydrogen (secondary N) is 1. The Morgan fingerprint density at radius 1 is 1.39 bits per heavy atom. The molecule has 1 fully saturated rings. The molecule has 2 heterocycles. The van der Waals surface area contributed by atoms with E-state index in [1.807, 2.05) is 32.0 Å². The minimum Gasteiger partial charge on any atom is -0.380 e. The minimum absolute atomic E-state index is 0.226. The number of ether oxygens (including phenoxy) is 2. The van der Waals surface area contributed by atoms with Gasteiger partial charge in [0.2, 0.25) is 0 Å². The van der Waals surface area contributed by atoms with Gasteiger partial charge in [0.1, 0.15) is 0 Å². The highest BCUT2D eigenvalue weighted by Gasteiger charge is 2.32. The molecule has 23 heavy (non-hydrogen) atoms. The Labute approximate surface area is 138 Å². The summed E-state index contributed by atoms with van der Waals surface area (Å²) in [6.45, 7) is 5.72. The molecular weight excluding hydrogens is 318 g/mol. The fourth-order valence-corrected chi connectivity index (χ4v) is 3.96. The Morgan fingerprint density at radius 2 is 2.17 bits per heavy atom. The Hall–Kier alpha value is -1.06. The molecule has 0 saturated carbocycles. The Balaban J connectivity index is 1.98. The van der Waals surface area contributed by atoms with Gasteiger partial charge in [-0.15, -0.1) is 0 Å². The van der Waals surface area contributed by atoms with Crippen LogP contribution in [0.15, 0.2) is 24.4 Å². The van der Waals surface area contributed by atoms with E-state index in [9.17, 15) is 8.42 Å². The quantitative estimate of drug-likeness (QED) is 0.759. The average Bonchev–Trinajstić information content (AvgIpc) is 2.55. The zero-order chi connectivity index (χ0) is 16.7. The van der Waals surface area contributed by atoms with Crippen LogP contribution < -0.4 is 4.72 Å². The molecule has 0 spiro atoms. The summed E-state index contributed by atoms with van der Waals surface area (Å²) in [5, 5.41) is 0. The van der Waals surface area contributed by atoms with Crippen LogP contribution in [0.2, 0.25) is 0 Å². The molecule has 1 aliphatic rings. The van der Waals surface area contributed by atoms with Crippen LogP contribution in [0, 0.1) is 0 Å². The van der Waals surface area contributed by atoms with Gasteiger partial charge in [0.05, 0.1) is 31.1 Å². The lowest BCUT2D eigenvalue weighted by Crippen LogP contribution is -2.54. The predicted octanol–water partition coefficient (Wildman–Crippen LogP) is 0.932. The summed E-state index contributed by atoms with van der Waals surface area (Å²) in [4.78, 5) is 4.21. The smallest absolute Gasteiger partial charge is 0.279 e. The molecule has 1 N–H and O–H groups in total. The van der Waals surface area contributed by atoms with Gasteiger partial charge in [-0.3, -0.25) is 4.98 Å². The largest absolute Gasteiger partial charge is 0.380 e. The van der Waals surface area contributed by atoms with Gasteiger partial charge in [0, 0.05) is 25.9 Å². The fourth-order valence-electron chi connectivity index (χ4n) is 2.53. The van der Waals surface area contributed by atoms with Crippen molar-refractivity contribution in [1.82, 2.24) is 14.0 Å². The molecule has 130 valence electrons. The molecule has 0 radical (unpaired) electrons. The molecule has 1 aromatic rings. The highest BCUT2D eigenvalue weighted by molar-refractivity contribution is 7.87. The minimum atomic E-state index is -3.53. The first kappa shape index (κ1) is 18.3. The summed E-state index contributed by atoms with van der Waals surface area (Å²) in [5.41, 5.74) is 0.823. The van der Waals surface area contributed by atoms with Crippen molar-refractivity contribution in [3.63, 3.8) is 0 Å². The van der Waals surface area contributed by atoms with E-state index in [0.29, 0.717) is 39.3 Å². The number of nitrogens with zero attached hydrogens (tertiary/aromatic N) is 2. The van der Waals surface area contributed by atoms with Crippen molar-refractivity contribution >= 4 is 10.2 Å². The van der Waals surface area contributed by atoms with Crippen molar-refractivity contribution in [2.75, 3.05) is 26.3 Å². The van der Waals surface area contributed by atoms with E-state index in [1.165, 1.54) is 4.31 Å². The Bertz CT molecular complexity index is 563. The lowest BCUT2D eigenvalue weighted by molar-refractivity contribution is -0.0582. The third kappa shape index (κ3) is 5.22. The predicted molar refractivity (Wildman–Crippen MR) is 87.0 cm³/mol. The van der Waals surface area contributed by atoms with Gasteiger partial charge in [0.25, 0.3) is 10.2 Å². The standard InChI is InChI=1S/C15H25N3O4S/c1-3-18(4-2)23(19,20)17-14-12-21-10-8-15(14)22-11-13-7-5-6-9-16-13/h5-7,9,14-15,17H,3-4,8,10-12H2,1-2H3/t14-,15-/m1/s1. The molecule has 0 unspecified atom stereocenters. The van der Waals surface area contributed by atoms with E-state index >= 15 is 0 Å². The maximum absolute atomic E-state index is 12.4. The van der Waals surface area contributed by atoms with Gasteiger partial charge in [0.15, 0.2) is 0 Å². The van der Waals surface area contributed by atoms with Crippen LogP contribution in [0.5, 0.6) is 0 Å². The molecular formula is C15H25N3O4S. The van der Waals surface area contributed by atoms with Gasteiger partial charge >= 0.3 is 0 Å². The van der Waals surface area contributed by atoms with Crippen LogP contribution in [-0.2, 0) is 26.3 Å². The third-order valence-corrected chi connectivity index (χ3v) is 5.61. The maximum Gasteiger partial charge on any atom is 0.279 e. The Kier molecular flexibility index (Phi) is 6.91. The van der Waals surface area contributed by atoms with Crippen molar-refractivity contribution in [3.8, 4) is 0 Å². The molecule has 1 saturated heterocycles. The van der Waals surface area contributed by atoms with Gasteiger partial charge in [-0.25, -0.2) is 0 Å². The van der Waals surface area contributed by atoms with Crippen LogP contribution in [0.25, 0.3) is 0 Å². The molecule has 0 aromatic carbocycles. The molecule has 0 bridgehead atoms. The SMILES string of the molecule is CCN(CC)S(=O)(=O)N[C@@H]1COCC[C@H]1OCc1ccccn1. The topological polar surface area (TPSA) is 80.8 Å². The van der Waals surface area contributed by atoms with Crippen LogP contribution in [-0.4, -0.2) is 56.2 Å². The number of hydrogen-bond donors (Lipinski definition) is 1. The maximum atomic E-state index is 12.4. The first-order valence-corrected chi connectivity index (χ1v) is 9.37. The lowest BCUT2D eigenvalue weighted by atomic mass is 10.1. The van der Waals surface area contributed by atoms with Gasteiger partial charge in [-0.1, -0.05) is 19.9 Å². The van der Waals surface area contributed by atoms with Crippen molar-refractivity contribution in [2.24, 2.45) is 0 Å². The van der Waals surface area contributed by atoms with E-state index in [-0.39, 0.29) is 6.10 Å². The van der Waals surface area contributed by atoms with Gasteiger partial charge in [-0.05, 0) is 18.6 Å². The first-order valence-electron chi connectivity index (χ1n) is 7.93. The zero-order valence-corrected chi connectivity index (χ0v) is 14.5. The lowest BCUT2D eigenvalue weighted by Gasteiger charge is -2.33. The van der Waals surface area contributed by atoms with E-state index in [4.69, 9.17) is 9.47 Å². The molecule has 1 aromatic heterocycles. The second kappa shape index (κ2) is 8.70. The van der Waals surface area contributed by atoms with E-state index < -0.39 is 16.3 Å². The first-order chi connectivity index (χ1) is 11.1. The van der Waals surface area contributed by atoms with Crippen LogP contribution in [0.4, 0.5) is 0 Å². The van der Waals surface area contributed by atoms with Gasteiger partial charge < -0.3 is 9.47 Å².